The van der Waals surface area contributed by atoms with Gasteiger partial charge in [0.25, 0.3) is 0 Å². The van der Waals surface area contributed by atoms with Gasteiger partial charge in [-0.25, -0.2) is 0 Å². The highest BCUT2D eigenvalue weighted by molar-refractivity contribution is 6.18. The molecular formula is C64H47NO. The first-order valence-corrected chi connectivity index (χ1v) is 23.2. The second-order valence-electron chi connectivity index (χ2n) is 19.3. The third kappa shape index (κ3) is 5.74. The van der Waals surface area contributed by atoms with Crippen molar-refractivity contribution >= 4 is 49.8 Å². The largest absolute Gasteiger partial charge is 0.455 e. The van der Waals surface area contributed by atoms with E-state index in [1.807, 2.05) is 0 Å². The molecule has 10 aromatic carbocycles. The molecule has 0 amide bonds. The van der Waals surface area contributed by atoms with Crippen LogP contribution in [-0.4, -0.2) is 0 Å². The molecule has 0 aliphatic heterocycles. The van der Waals surface area contributed by atoms with Gasteiger partial charge in [0.1, 0.15) is 11.2 Å². The number of hydrogen-bond donors (Lipinski definition) is 0. The summed E-state index contributed by atoms with van der Waals surface area (Å²) in [6, 6.07) is 78.3. The molecule has 0 fully saturated rings. The molecule has 0 radical (unpaired) electrons. The highest BCUT2D eigenvalue weighted by atomic mass is 16.3. The smallest absolute Gasteiger partial charge is 0.143 e. The molecule has 1 heterocycles. The Hall–Kier alpha value is -7.94. The lowest BCUT2D eigenvalue weighted by Gasteiger charge is -2.30. The topological polar surface area (TPSA) is 16.4 Å². The molecule has 1 aromatic heterocycles. The van der Waals surface area contributed by atoms with Crippen molar-refractivity contribution < 1.29 is 4.42 Å². The Bertz CT molecular complexity index is 3740. The number of furan rings is 1. The van der Waals surface area contributed by atoms with E-state index in [4.69, 9.17) is 4.42 Å². The van der Waals surface area contributed by atoms with Crippen molar-refractivity contribution in [2.75, 3.05) is 4.90 Å². The zero-order valence-corrected chi connectivity index (χ0v) is 37.6. The lowest BCUT2D eigenvalue weighted by Crippen LogP contribution is -2.18. The Labute approximate surface area is 386 Å². The zero-order chi connectivity index (χ0) is 44.3. The third-order valence-electron chi connectivity index (χ3n) is 14.9. The van der Waals surface area contributed by atoms with Gasteiger partial charge < -0.3 is 9.32 Å². The van der Waals surface area contributed by atoms with Crippen LogP contribution in [0.1, 0.15) is 49.9 Å². The standard InChI is InChI=1S/C64H47NO/c1-63(2)57-22-14-13-21-50(57)52-33-29-47(38-59(52)63)65(46-27-23-41(24-28-46)40-15-7-5-8-16-40)48-30-34-53-51-31-26-44(37-58(51)64(3,4)60(53)39-48)45-35-55(42-17-9-6-10-18-42)62-56(36-45)54-32-25-43-19-11-12-20-49(43)61(54)66-62/h5-39H,1-4H3. The van der Waals surface area contributed by atoms with Gasteiger partial charge in [0.15, 0.2) is 0 Å². The van der Waals surface area contributed by atoms with Gasteiger partial charge in [0.05, 0.1) is 0 Å². The summed E-state index contributed by atoms with van der Waals surface area (Å²) in [4.78, 5) is 2.46. The van der Waals surface area contributed by atoms with E-state index in [9.17, 15) is 0 Å². The van der Waals surface area contributed by atoms with Gasteiger partial charge in [0, 0.05) is 49.6 Å². The monoisotopic (exact) mass is 845 g/mol. The van der Waals surface area contributed by atoms with Crippen LogP contribution in [-0.2, 0) is 10.8 Å². The van der Waals surface area contributed by atoms with Crippen LogP contribution in [0.25, 0.3) is 88.3 Å². The average Bonchev–Trinajstić information content (AvgIpc) is 3.94. The van der Waals surface area contributed by atoms with E-state index in [2.05, 4.69) is 245 Å². The number of benzene rings is 10. The van der Waals surface area contributed by atoms with Crippen molar-refractivity contribution in [2.24, 2.45) is 0 Å². The first-order valence-electron chi connectivity index (χ1n) is 23.2. The highest BCUT2D eigenvalue weighted by Gasteiger charge is 2.38. The van der Waals surface area contributed by atoms with Gasteiger partial charge in [-0.1, -0.05) is 179 Å². The molecule has 2 aliphatic rings. The van der Waals surface area contributed by atoms with Crippen LogP contribution in [0.4, 0.5) is 17.1 Å². The summed E-state index contributed by atoms with van der Waals surface area (Å²) in [5.74, 6) is 0. The van der Waals surface area contributed by atoms with Crippen LogP contribution in [0.2, 0.25) is 0 Å². The Balaban J connectivity index is 0.935. The molecule has 0 N–H and O–H groups in total. The Morgan fingerprint density at radius 2 is 0.833 bits per heavy atom. The van der Waals surface area contributed by atoms with Gasteiger partial charge >= 0.3 is 0 Å². The molecule has 0 saturated carbocycles. The Morgan fingerprint density at radius 3 is 1.55 bits per heavy atom. The van der Waals surface area contributed by atoms with E-state index in [0.717, 1.165) is 55.5 Å². The first kappa shape index (κ1) is 38.5. The van der Waals surface area contributed by atoms with Gasteiger partial charge in [-0.15, -0.1) is 0 Å². The number of nitrogens with zero attached hydrogens (tertiary/aromatic N) is 1. The van der Waals surface area contributed by atoms with Gasteiger partial charge in [-0.2, -0.15) is 0 Å². The maximum absolute atomic E-state index is 6.85. The molecular weight excluding hydrogens is 799 g/mol. The predicted octanol–water partition coefficient (Wildman–Crippen LogP) is 17.8. The molecule has 0 spiro atoms. The van der Waals surface area contributed by atoms with Gasteiger partial charge in [-0.05, 0) is 138 Å². The third-order valence-corrected chi connectivity index (χ3v) is 14.9. The maximum Gasteiger partial charge on any atom is 0.143 e. The number of fused-ring (bicyclic) bond motifs is 11. The number of rotatable bonds is 6. The Kier molecular flexibility index (Phi) is 8.33. The van der Waals surface area contributed by atoms with Crippen LogP contribution < -0.4 is 4.90 Å². The summed E-state index contributed by atoms with van der Waals surface area (Å²) in [6.45, 7) is 9.52. The lowest BCUT2D eigenvalue weighted by atomic mass is 9.81. The first-order chi connectivity index (χ1) is 32.2. The van der Waals surface area contributed by atoms with Crippen LogP contribution in [0.5, 0.6) is 0 Å². The normalized spacial score (nSPS) is 14.0. The molecule has 2 heteroatoms. The summed E-state index contributed by atoms with van der Waals surface area (Å²) in [5.41, 5.74) is 22.6. The van der Waals surface area contributed by atoms with E-state index in [0.29, 0.717) is 0 Å². The minimum absolute atomic E-state index is 0.116. The second-order valence-corrected chi connectivity index (χ2v) is 19.3. The van der Waals surface area contributed by atoms with Crippen LogP contribution in [0.15, 0.2) is 217 Å². The zero-order valence-electron chi connectivity index (χ0n) is 37.6. The van der Waals surface area contributed by atoms with Crippen LogP contribution >= 0.6 is 0 Å². The number of hydrogen-bond acceptors (Lipinski definition) is 2. The van der Waals surface area contributed by atoms with Crippen molar-refractivity contribution in [1.82, 2.24) is 0 Å². The maximum atomic E-state index is 6.85. The SMILES string of the molecule is CC1(C)c2ccccc2-c2ccc(N(c3ccc(-c4ccccc4)cc3)c3ccc4c(c3)C(C)(C)c3cc(-c5cc(-c6ccccc6)c6oc7c8ccccc8ccc7c6c5)ccc3-4)cc21. The van der Waals surface area contributed by atoms with Gasteiger partial charge in [-0.3, -0.25) is 0 Å². The van der Waals surface area contributed by atoms with E-state index in [-0.39, 0.29) is 10.8 Å². The quantitative estimate of drug-likeness (QED) is 0.166. The number of anilines is 3. The van der Waals surface area contributed by atoms with Crippen molar-refractivity contribution in [3.63, 3.8) is 0 Å². The molecule has 2 aliphatic carbocycles. The summed E-state index contributed by atoms with van der Waals surface area (Å²) in [5, 5.41) is 4.59. The van der Waals surface area contributed by atoms with Crippen molar-refractivity contribution in [2.45, 2.75) is 38.5 Å². The van der Waals surface area contributed by atoms with Gasteiger partial charge in [0.2, 0.25) is 0 Å². The molecule has 0 unspecified atom stereocenters. The molecule has 11 aromatic rings. The molecule has 314 valence electrons. The molecule has 0 saturated heterocycles. The van der Waals surface area contributed by atoms with Crippen molar-refractivity contribution in [1.29, 1.82) is 0 Å². The van der Waals surface area contributed by atoms with E-state index < -0.39 is 0 Å². The minimum Gasteiger partial charge on any atom is -0.455 e. The minimum atomic E-state index is -0.255. The van der Waals surface area contributed by atoms with E-state index >= 15 is 0 Å². The molecule has 66 heavy (non-hydrogen) atoms. The fourth-order valence-corrected chi connectivity index (χ4v) is 11.4. The molecule has 2 nitrogen and oxygen atoms in total. The molecule has 0 atom stereocenters. The van der Waals surface area contributed by atoms with E-state index in [1.165, 1.54) is 72.1 Å². The predicted molar refractivity (Wildman–Crippen MR) is 277 cm³/mol. The summed E-state index contributed by atoms with van der Waals surface area (Å²) >= 11 is 0. The average molecular weight is 846 g/mol. The molecule has 13 rings (SSSR count). The van der Waals surface area contributed by atoms with Crippen molar-refractivity contribution in [3.8, 4) is 55.6 Å². The summed E-state index contributed by atoms with van der Waals surface area (Å²) < 4.78 is 6.85. The molecule has 0 bridgehead atoms. The highest BCUT2D eigenvalue weighted by Crippen LogP contribution is 2.54. The van der Waals surface area contributed by atoms with E-state index in [1.54, 1.807) is 0 Å². The second kappa shape index (κ2) is 14.3. The summed E-state index contributed by atoms with van der Waals surface area (Å²) in [6.07, 6.45) is 0. The summed E-state index contributed by atoms with van der Waals surface area (Å²) in [7, 11) is 0. The van der Waals surface area contributed by atoms with Crippen LogP contribution in [0.3, 0.4) is 0 Å². The lowest BCUT2D eigenvalue weighted by molar-refractivity contribution is 0.660. The Morgan fingerprint density at radius 1 is 0.303 bits per heavy atom. The van der Waals surface area contributed by atoms with Crippen molar-refractivity contribution in [3.05, 3.63) is 235 Å². The van der Waals surface area contributed by atoms with Crippen LogP contribution in [0, 0.1) is 0 Å². The fourth-order valence-electron chi connectivity index (χ4n) is 11.4. The fraction of sp³-hybridized carbons (Fsp3) is 0.0938.